The largest absolute Gasteiger partial charge is 0.368 e. The molecule has 2 rings (SSSR count). The van der Waals surface area contributed by atoms with Crippen LogP contribution in [0.3, 0.4) is 0 Å². The zero-order valence-electron chi connectivity index (χ0n) is 10.1. The Hall–Kier alpha value is -1.10. The maximum Gasteiger partial charge on any atom is 0.243 e. The standard InChI is InChI=1S/C12H21N3O2/c13-11(17)12(5-2-1-3-6-12)15-10(16)9-4-7-14-8-9/h9,14H,1-8H2,(H2,13,17)(H,15,16). The van der Waals surface area contributed by atoms with Crippen molar-refractivity contribution in [1.82, 2.24) is 10.6 Å². The summed E-state index contributed by atoms with van der Waals surface area (Å²) in [5.41, 5.74) is 4.70. The van der Waals surface area contributed by atoms with Crippen LogP contribution in [0.1, 0.15) is 38.5 Å². The lowest BCUT2D eigenvalue weighted by atomic mass is 9.80. The number of rotatable bonds is 3. The molecule has 2 aliphatic rings. The monoisotopic (exact) mass is 239 g/mol. The smallest absolute Gasteiger partial charge is 0.243 e. The molecule has 0 aromatic rings. The van der Waals surface area contributed by atoms with E-state index in [9.17, 15) is 9.59 Å². The van der Waals surface area contributed by atoms with E-state index < -0.39 is 5.54 Å². The molecule has 0 aromatic heterocycles. The fourth-order valence-electron chi connectivity index (χ4n) is 2.80. The van der Waals surface area contributed by atoms with E-state index in [-0.39, 0.29) is 17.7 Å². The second-order valence-electron chi connectivity index (χ2n) is 5.19. The third-order valence-electron chi connectivity index (χ3n) is 3.97. The summed E-state index contributed by atoms with van der Waals surface area (Å²) >= 11 is 0. The Labute approximate surface area is 102 Å². The Morgan fingerprint density at radius 3 is 2.47 bits per heavy atom. The fourth-order valence-corrected chi connectivity index (χ4v) is 2.80. The number of nitrogens with two attached hydrogens (primary N) is 1. The average molecular weight is 239 g/mol. The third-order valence-corrected chi connectivity index (χ3v) is 3.97. The van der Waals surface area contributed by atoms with E-state index in [2.05, 4.69) is 10.6 Å². The first-order valence-corrected chi connectivity index (χ1v) is 6.47. The van der Waals surface area contributed by atoms with E-state index in [1.54, 1.807) is 0 Å². The first kappa shape index (κ1) is 12.4. The maximum atomic E-state index is 12.1. The van der Waals surface area contributed by atoms with E-state index in [1.165, 1.54) is 0 Å². The Kier molecular flexibility index (Phi) is 3.66. The van der Waals surface area contributed by atoms with Crippen LogP contribution in [0, 0.1) is 5.92 Å². The van der Waals surface area contributed by atoms with Crippen LogP contribution in [0.4, 0.5) is 0 Å². The van der Waals surface area contributed by atoms with E-state index in [0.717, 1.165) is 32.2 Å². The zero-order valence-corrected chi connectivity index (χ0v) is 10.1. The summed E-state index contributed by atoms with van der Waals surface area (Å²) in [7, 11) is 0. The maximum absolute atomic E-state index is 12.1. The quantitative estimate of drug-likeness (QED) is 0.643. The van der Waals surface area contributed by atoms with Crippen molar-refractivity contribution >= 4 is 11.8 Å². The van der Waals surface area contributed by atoms with Crippen LogP contribution in [0.5, 0.6) is 0 Å². The van der Waals surface area contributed by atoms with Crippen LogP contribution in [-0.2, 0) is 9.59 Å². The number of hydrogen-bond acceptors (Lipinski definition) is 3. The van der Waals surface area contributed by atoms with Crippen LogP contribution >= 0.6 is 0 Å². The van der Waals surface area contributed by atoms with Gasteiger partial charge >= 0.3 is 0 Å². The van der Waals surface area contributed by atoms with Gasteiger partial charge in [0.25, 0.3) is 0 Å². The highest BCUT2D eigenvalue weighted by Crippen LogP contribution is 2.28. The van der Waals surface area contributed by atoms with Crippen molar-refractivity contribution in [2.75, 3.05) is 13.1 Å². The highest BCUT2D eigenvalue weighted by molar-refractivity contribution is 5.91. The van der Waals surface area contributed by atoms with Crippen molar-refractivity contribution in [2.24, 2.45) is 11.7 Å². The molecule has 0 spiro atoms. The molecule has 1 saturated carbocycles. The number of nitrogens with one attached hydrogen (secondary N) is 2. The molecular weight excluding hydrogens is 218 g/mol. The van der Waals surface area contributed by atoms with Gasteiger partial charge in [-0.15, -0.1) is 0 Å². The molecule has 1 aliphatic carbocycles. The van der Waals surface area contributed by atoms with Crippen molar-refractivity contribution in [3.05, 3.63) is 0 Å². The van der Waals surface area contributed by atoms with Crippen molar-refractivity contribution in [1.29, 1.82) is 0 Å². The topological polar surface area (TPSA) is 84.2 Å². The molecule has 96 valence electrons. The first-order chi connectivity index (χ1) is 8.14. The lowest BCUT2D eigenvalue weighted by molar-refractivity contribution is -0.134. The van der Waals surface area contributed by atoms with Gasteiger partial charge in [-0.2, -0.15) is 0 Å². The molecule has 0 radical (unpaired) electrons. The van der Waals surface area contributed by atoms with Gasteiger partial charge in [-0.25, -0.2) is 0 Å². The summed E-state index contributed by atoms with van der Waals surface area (Å²) < 4.78 is 0. The summed E-state index contributed by atoms with van der Waals surface area (Å²) in [5.74, 6) is -0.402. The summed E-state index contributed by atoms with van der Waals surface area (Å²) in [5, 5.41) is 6.08. The molecule has 5 nitrogen and oxygen atoms in total. The van der Waals surface area contributed by atoms with E-state index in [1.807, 2.05) is 0 Å². The molecule has 4 N–H and O–H groups in total. The first-order valence-electron chi connectivity index (χ1n) is 6.47. The molecule has 0 bridgehead atoms. The van der Waals surface area contributed by atoms with Gasteiger partial charge in [0.05, 0.1) is 5.92 Å². The van der Waals surface area contributed by atoms with Gasteiger partial charge < -0.3 is 16.4 Å². The molecule has 1 atom stereocenters. The second kappa shape index (κ2) is 5.04. The summed E-state index contributed by atoms with van der Waals surface area (Å²) in [4.78, 5) is 23.7. The number of carbonyl (C=O) groups excluding carboxylic acids is 2. The van der Waals surface area contributed by atoms with Gasteiger partial charge in [-0.3, -0.25) is 9.59 Å². The Morgan fingerprint density at radius 2 is 1.94 bits per heavy atom. The Bertz CT molecular complexity index is 305. The molecule has 0 aromatic carbocycles. The van der Waals surface area contributed by atoms with Gasteiger partial charge in [-0.1, -0.05) is 19.3 Å². The van der Waals surface area contributed by atoms with Crippen molar-refractivity contribution in [3.8, 4) is 0 Å². The van der Waals surface area contributed by atoms with Gasteiger partial charge in [0.15, 0.2) is 0 Å². The van der Waals surface area contributed by atoms with Gasteiger partial charge in [-0.05, 0) is 25.8 Å². The molecule has 17 heavy (non-hydrogen) atoms. The summed E-state index contributed by atoms with van der Waals surface area (Å²) in [6.45, 7) is 1.59. The van der Waals surface area contributed by atoms with E-state index >= 15 is 0 Å². The van der Waals surface area contributed by atoms with E-state index in [4.69, 9.17) is 5.73 Å². The zero-order chi connectivity index (χ0) is 12.3. The number of primary amides is 1. The van der Waals surface area contributed by atoms with Gasteiger partial charge in [0.1, 0.15) is 5.54 Å². The minimum absolute atomic E-state index is 0.00634. The molecule has 2 amide bonds. The van der Waals surface area contributed by atoms with Gasteiger partial charge in [0, 0.05) is 6.54 Å². The highest BCUT2D eigenvalue weighted by atomic mass is 16.2. The van der Waals surface area contributed by atoms with Crippen LogP contribution in [0.15, 0.2) is 0 Å². The van der Waals surface area contributed by atoms with Crippen molar-refractivity contribution < 1.29 is 9.59 Å². The SMILES string of the molecule is NC(=O)C1(NC(=O)C2CCNC2)CCCCC1. The number of amides is 2. The van der Waals surface area contributed by atoms with Crippen LogP contribution < -0.4 is 16.4 Å². The highest BCUT2D eigenvalue weighted by Gasteiger charge is 2.40. The van der Waals surface area contributed by atoms with E-state index in [0.29, 0.717) is 19.4 Å². The average Bonchev–Trinajstić information content (AvgIpc) is 2.83. The Balaban J connectivity index is 2.01. The summed E-state index contributed by atoms with van der Waals surface area (Å²) in [6.07, 6.45) is 5.28. The lowest BCUT2D eigenvalue weighted by Crippen LogP contribution is -2.59. The normalized spacial score (nSPS) is 27.6. The predicted octanol–water partition coefficient (Wildman–Crippen LogP) is -0.0997. The minimum Gasteiger partial charge on any atom is -0.368 e. The third kappa shape index (κ3) is 2.60. The summed E-state index contributed by atoms with van der Waals surface area (Å²) in [6, 6.07) is 0. The molecule has 5 heteroatoms. The fraction of sp³-hybridized carbons (Fsp3) is 0.833. The molecule has 1 unspecified atom stereocenters. The molecule has 1 aliphatic heterocycles. The van der Waals surface area contributed by atoms with Crippen molar-refractivity contribution in [2.45, 2.75) is 44.1 Å². The lowest BCUT2D eigenvalue weighted by Gasteiger charge is -2.35. The Morgan fingerprint density at radius 1 is 1.24 bits per heavy atom. The predicted molar refractivity (Wildman–Crippen MR) is 64.1 cm³/mol. The molecule has 2 fully saturated rings. The van der Waals surface area contributed by atoms with Crippen molar-refractivity contribution in [3.63, 3.8) is 0 Å². The minimum atomic E-state index is -0.780. The number of carbonyl (C=O) groups is 2. The number of hydrogen-bond donors (Lipinski definition) is 3. The van der Waals surface area contributed by atoms with Crippen LogP contribution in [0.25, 0.3) is 0 Å². The van der Waals surface area contributed by atoms with Gasteiger partial charge in [0.2, 0.25) is 11.8 Å². The second-order valence-corrected chi connectivity index (χ2v) is 5.19. The van der Waals surface area contributed by atoms with Crippen LogP contribution in [0.2, 0.25) is 0 Å². The molecular formula is C12H21N3O2. The van der Waals surface area contributed by atoms with Crippen LogP contribution in [-0.4, -0.2) is 30.4 Å². The molecule has 1 saturated heterocycles. The molecule has 1 heterocycles.